The van der Waals surface area contributed by atoms with Gasteiger partial charge in [-0.1, -0.05) is 13.8 Å². The largest absolute Gasteiger partial charge is 0.465 e. The molecular weight excluding hydrogens is 324 g/mol. The molecule has 0 aromatic carbocycles. The maximum Gasteiger partial charge on any atom is 0.321 e. The lowest BCUT2D eigenvalue weighted by Gasteiger charge is -2.06. The molecule has 0 unspecified atom stereocenters. The highest BCUT2D eigenvalue weighted by Crippen LogP contribution is 2.02. The number of carbonyl (C=O) groups is 2. The first-order chi connectivity index (χ1) is 9.62. The fraction of sp³-hybridized carbons (Fsp3) is 0.818. The van der Waals surface area contributed by atoms with Crippen LogP contribution in [0, 0.1) is 0 Å². The Bertz CT molecular complexity index is 497. The predicted molar refractivity (Wildman–Crippen MR) is 74.9 cm³/mol. The smallest absolute Gasteiger partial charge is 0.321 e. The summed E-state index contributed by atoms with van der Waals surface area (Å²) >= 11 is 0. The second kappa shape index (κ2) is 8.98. The van der Waals surface area contributed by atoms with Crippen molar-refractivity contribution in [2.24, 2.45) is 0 Å². The summed E-state index contributed by atoms with van der Waals surface area (Å²) in [4.78, 5) is 22.4. The maximum atomic E-state index is 11.6. The van der Waals surface area contributed by atoms with Gasteiger partial charge in [-0.3, -0.25) is 9.59 Å². The molecule has 10 heteroatoms. The molecule has 0 amide bonds. The average Bonchev–Trinajstić information content (AvgIpc) is 2.30. The minimum absolute atomic E-state index is 0.0600. The van der Waals surface area contributed by atoms with Crippen molar-refractivity contribution < 1.29 is 35.9 Å². The van der Waals surface area contributed by atoms with E-state index in [1.807, 2.05) is 0 Å². The van der Waals surface area contributed by atoms with Crippen molar-refractivity contribution in [1.82, 2.24) is 0 Å². The number of hydrogen-bond acceptors (Lipinski definition) is 8. The number of sulfone groups is 2. The van der Waals surface area contributed by atoms with Crippen LogP contribution in [0.5, 0.6) is 0 Å². The Labute approximate surface area is 124 Å². The summed E-state index contributed by atoms with van der Waals surface area (Å²) in [6.07, 6.45) is 1.04. The van der Waals surface area contributed by atoms with E-state index in [4.69, 9.17) is 0 Å². The lowest BCUT2D eigenvalue weighted by molar-refractivity contribution is -0.141. The monoisotopic (exact) mass is 344 g/mol. The molecule has 0 rings (SSSR count). The number of hydrogen-bond donors (Lipinski definition) is 0. The molecule has 0 radical (unpaired) electrons. The molecule has 0 aliphatic heterocycles. The Morgan fingerprint density at radius 3 is 1.38 bits per heavy atom. The van der Waals surface area contributed by atoms with Crippen LogP contribution in [0.15, 0.2) is 0 Å². The van der Waals surface area contributed by atoms with E-state index >= 15 is 0 Å². The molecule has 0 saturated carbocycles. The van der Waals surface area contributed by atoms with Crippen molar-refractivity contribution >= 4 is 31.6 Å². The lowest BCUT2D eigenvalue weighted by atomic mass is 10.5. The van der Waals surface area contributed by atoms with Crippen molar-refractivity contribution in [3.8, 4) is 0 Å². The summed E-state index contributed by atoms with van der Waals surface area (Å²) in [5.41, 5.74) is 0. The van der Waals surface area contributed by atoms with Crippen molar-refractivity contribution in [3.63, 3.8) is 0 Å². The first-order valence-corrected chi connectivity index (χ1v) is 9.98. The molecule has 0 heterocycles. The number of esters is 2. The van der Waals surface area contributed by atoms with Gasteiger partial charge in [0, 0.05) is 0 Å². The normalized spacial score (nSPS) is 11.9. The third-order valence-electron chi connectivity index (χ3n) is 1.97. The molecule has 0 bridgehead atoms. The van der Waals surface area contributed by atoms with Gasteiger partial charge in [-0.25, -0.2) is 16.8 Å². The molecule has 21 heavy (non-hydrogen) atoms. The van der Waals surface area contributed by atoms with E-state index in [0.717, 1.165) is 0 Å². The molecule has 124 valence electrons. The molecule has 0 aliphatic rings. The van der Waals surface area contributed by atoms with E-state index in [9.17, 15) is 26.4 Å². The van der Waals surface area contributed by atoms with E-state index in [1.54, 1.807) is 13.8 Å². The fourth-order valence-corrected chi connectivity index (χ4v) is 4.97. The first-order valence-electron chi connectivity index (χ1n) is 6.34. The second-order valence-electron chi connectivity index (χ2n) is 4.33. The van der Waals surface area contributed by atoms with Crippen molar-refractivity contribution in [2.45, 2.75) is 26.7 Å². The Morgan fingerprint density at radius 1 is 0.762 bits per heavy atom. The molecule has 0 aromatic heterocycles. The zero-order valence-electron chi connectivity index (χ0n) is 12.0. The van der Waals surface area contributed by atoms with E-state index in [-0.39, 0.29) is 13.2 Å². The van der Waals surface area contributed by atoms with Gasteiger partial charge < -0.3 is 9.47 Å². The summed E-state index contributed by atoms with van der Waals surface area (Å²) in [7, 11) is -8.41. The SMILES string of the molecule is CCCOC(=O)CS(=O)(=O)CS(=O)(=O)CC(=O)OCCC. The van der Waals surface area contributed by atoms with Gasteiger partial charge in [-0.15, -0.1) is 0 Å². The molecule has 0 saturated heterocycles. The Hall–Kier alpha value is -1.16. The Balaban J connectivity index is 4.55. The van der Waals surface area contributed by atoms with Gasteiger partial charge in [0.15, 0.2) is 24.8 Å². The van der Waals surface area contributed by atoms with Crippen molar-refractivity contribution in [2.75, 3.05) is 29.8 Å². The molecule has 0 atom stereocenters. The molecule has 0 N–H and O–H groups in total. The van der Waals surface area contributed by atoms with Gasteiger partial charge in [-0.05, 0) is 12.8 Å². The average molecular weight is 344 g/mol. The molecular formula is C11H20O8S2. The van der Waals surface area contributed by atoms with Crippen LogP contribution in [0.4, 0.5) is 0 Å². The first kappa shape index (κ1) is 19.8. The lowest BCUT2D eigenvalue weighted by Crippen LogP contribution is -2.29. The Morgan fingerprint density at radius 2 is 1.10 bits per heavy atom. The van der Waals surface area contributed by atoms with Gasteiger partial charge in [0.05, 0.1) is 13.2 Å². The number of carbonyl (C=O) groups excluding carboxylic acids is 2. The van der Waals surface area contributed by atoms with Gasteiger partial charge in [0.1, 0.15) is 11.5 Å². The molecule has 0 fully saturated rings. The van der Waals surface area contributed by atoms with Crippen molar-refractivity contribution in [1.29, 1.82) is 0 Å². The zero-order valence-corrected chi connectivity index (χ0v) is 13.7. The minimum atomic E-state index is -4.21. The number of ether oxygens (including phenoxy) is 2. The van der Waals surface area contributed by atoms with Gasteiger partial charge in [0.25, 0.3) is 0 Å². The standard InChI is InChI=1S/C11H20O8S2/c1-3-5-18-10(12)7-20(14,15)9-21(16,17)8-11(13)19-6-4-2/h3-9H2,1-2H3. The second-order valence-corrected chi connectivity index (χ2v) is 8.83. The van der Waals surface area contributed by atoms with Gasteiger partial charge in [0.2, 0.25) is 0 Å². The van der Waals surface area contributed by atoms with Crippen LogP contribution in [0.2, 0.25) is 0 Å². The molecule has 0 aliphatic carbocycles. The van der Waals surface area contributed by atoms with Crippen LogP contribution < -0.4 is 0 Å². The minimum Gasteiger partial charge on any atom is -0.465 e. The molecule has 8 nitrogen and oxygen atoms in total. The third-order valence-corrected chi connectivity index (χ3v) is 6.19. The summed E-state index contributed by atoms with van der Waals surface area (Å²) in [5, 5.41) is -1.29. The molecule has 0 aromatic rings. The van der Waals surface area contributed by atoms with Gasteiger partial charge in [-0.2, -0.15) is 0 Å². The Kier molecular flexibility index (Phi) is 8.48. The summed E-state index contributed by atoms with van der Waals surface area (Å²) in [5.74, 6) is -4.09. The highest BCUT2D eigenvalue weighted by Gasteiger charge is 2.28. The van der Waals surface area contributed by atoms with Gasteiger partial charge >= 0.3 is 11.9 Å². The van der Waals surface area contributed by atoms with E-state index in [0.29, 0.717) is 12.8 Å². The summed E-state index contributed by atoms with van der Waals surface area (Å²) in [6.45, 7) is 3.58. The predicted octanol–water partition coefficient (Wildman–Crippen LogP) is -0.320. The highest BCUT2D eigenvalue weighted by atomic mass is 32.3. The third kappa shape index (κ3) is 10.2. The van der Waals surface area contributed by atoms with Crippen LogP contribution >= 0.6 is 0 Å². The zero-order chi connectivity index (χ0) is 16.5. The topological polar surface area (TPSA) is 121 Å². The van der Waals surface area contributed by atoms with Crippen LogP contribution in [0.3, 0.4) is 0 Å². The van der Waals surface area contributed by atoms with Crippen LogP contribution in [-0.2, 0) is 38.7 Å². The van der Waals surface area contributed by atoms with Crippen molar-refractivity contribution in [3.05, 3.63) is 0 Å². The highest BCUT2D eigenvalue weighted by molar-refractivity contribution is 8.08. The van der Waals surface area contributed by atoms with Crippen LogP contribution in [0.25, 0.3) is 0 Å². The molecule has 0 spiro atoms. The van der Waals surface area contributed by atoms with Crippen LogP contribution in [-0.4, -0.2) is 58.6 Å². The van der Waals surface area contributed by atoms with Crippen LogP contribution in [0.1, 0.15) is 26.7 Å². The maximum absolute atomic E-state index is 11.6. The quantitative estimate of drug-likeness (QED) is 0.494. The van der Waals surface area contributed by atoms with E-state index in [1.165, 1.54) is 0 Å². The number of rotatable bonds is 10. The summed E-state index contributed by atoms with van der Waals surface area (Å²) in [6, 6.07) is 0. The fourth-order valence-electron chi connectivity index (χ4n) is 1.23. The van der Waals surface area contributed by atoms with E-state index in [2.05, 4.69) is 9.47 Å². The van der Waals surface area contributed by atoms with E-state index < -0.39 is 48.2 Å². The summed E-state index contributed by atoms with van der Waals surface area (Å²) < 4.78 is 55.5.